The Labute approximate surface area is 179 Å². The van der Waals surface area contributed by atoms with Crippen LogP contribution in [0, 0.1) is 0 Å². The van der Waals surface area contributed by atoms with Crippen molar-refractivity contribution in [2.24, 2.45) is 0 Å². The number of benzene rings is 2. The Kier molecular flexibility index (Phi) is 8.71. The van der Waals surface area contributed by atoms with E-state index in [4.69, 9.17) is 9.47 Å². The predicted molar refractivity (Wildman–Crippen MR) is 118 cm³/mol. The summed E-state index contributed by atoms with van der Waals surface area (Å²) in [6, 6.07) is 14.5. The Morgan fingerprint density at radius 3 is 2.10 bits per heavy atom. The van der Waals surface area contributed by atoms with E-state index in [9.17, 15) is 9.59 Å². The molecular weight excluding hydrogens is 380 g/mol. The number of hydrogen-bond donors (Lipinski definition) is 1. The van der Waals surface area contributed by atoms with Crippen LogP contribution in [0.5, 0.6) is 11.5 Å². The van der Waals surface area contributed by atoms with Gasteiger partial charge in [0.05, 0.1) is 7.11 Å². The third-order valence-corrected chi connectivity index (χ3v) is 4.94. The lowest BCUT2D eigenvalue weighted by Gasteiger charge is -2.28. The SMILES string of the molecule is CCNC(=O)[C@H](C)N(Cc1ccc(OC)cc1)C(=O)COc1ccc(C(C)C)cc1. The second-order valence-corrected chi connectivity index (χ2v) is 7.45. The fourth-order valence-electron chi connectivity index (χ4n) is 3.01. The van der Waals surface area contributed by atoms with Crippen LogP contribution >= 0.6 is 0 Å². The zero-order valence-electron chi connectivity index (χ0n) is 18.5. The summed E-state index contributed by atoms with van der Waals surface area (Å²) in [5.74, 6) is 1.35. The minimum absolute atomic E-state index is 0.138. The Bertz CT molecular complexity index is 816. The summed E-state index contributed by atoms with van der Waals surface area (Å²) in [7, 11) is 1.60. The molecule has 162 valence electrons. The molecule has 30 heavy (non-hydrogen) atoms. The second-order valence-electron chi connectivity index (χ2n) is 7.45. The number of methoxy groups -OCH3 is 1. The average molecular weight is 413 g/mol. The van der Waals surface area contributed by atoms with Crippen molar-refractivity contribution < 1.29 is 19.1 Å². The first kappa shape index (κ1) is 23.3. The number of rotatable bonds is 10. The van der Waals surface area contributed by atoms with Crippen molar-refractivity contribution >= 4 is 11.8 Å². The molecule has 0 aliphatic rings. The number of amides is 2. The highest BCUT2D eigenvalue weighted by Gasteiger charge is 2.26. The van der Waals surface area contributed by atoms with Gasteiger partial charge in [0.15, 0.2) is 6.61 Å². The average Bonchev–Trinajstić information content (AvgIpc) is 2.76. The van der Waals surface area contributed by atoms with Crippen molar-refractivity contribution in [1.29, 1.82) is 0 Å². The van der Waals surface area contributed by atoms with Gasteiger partial charge in [0.25, 0.3) is 5.91 Å². The molecule has 2 rings (SSSR count). The van der Waals surface area contributed by atoms with Gasteiger partial charge in [-0.25, -0.2) is 0 Å². The van der Waals surface area contributed by atoms with E-state index in [1.54, 1.807) is 14.0 Å². The molecule has 0 saturated carbocycles. The molecule has 6 heteroatoms. The van der Waals surface area contributed by atoms with Gasteiger partial charge >= 0.3 is 0 Å². The van der Waals surface area contributed by atoms with E-state index in [0.29, 0.717) is 24.8 Å². The molecule has 0 heterocycles. The van der Waals surface area contributed by atoms with Crippen LogP contribution in [0.25, 0.3) is 0 Å². The van der Waals surface area contributed by atoms with Crippen LogP contribution in [-0.4, -0.2) is 43.0 Å². The van der Waals surface area contributed by atoms with Gasteiger partial charge in [-0.3, -0.25) is 9.59 Å². The van der Waals surface area contributed by atoms with E-state index >= 15 is 0 Å². The first-order valence-electron chi connectivity index (χ1n) is 10.3. The molecule has 1 N–H and O–H groups in total. The largest absolute Gasteiger partial charge is 0.497 e. The van der Waals surface area contributed by atoms with Crippen LogP contribution in [-0.2, 0) is 16.1 Å². The van der Waals surface area contributed by atoms with E-state index in [2.05, 4.69) is 19.2 Å². The molecule has 0 aromatic heterocycles. The van der Waals surface area contributed by atoms with Gasteiger partial charge in [-0.05, 0) is 55.2 Å². The van der Waals surface area contributed by atoms with Crippen LogP contribution in [0.15, 0.2) is 48.5 Å². The molecule has 0 unspecified atom stereocenters. The van der Waals surface area contributed by atoms with E-state index in [0.717, 1.165) is 11.3 Å². The summed E-state index contributed by atoms with van der Waals surface area (Å²) >= 11 is 0. The molecule has 0 saturated heterocycles. The quantitative estimate of drug-likeness (QED) is 0.645. The summed E-state index contributed by atoms with van der Waals surface area (Å²) in [5.41, 5.74) is 2.11. The van der Waals surface area contributed by atoms with Crippen LogP contribution in [0.3, 0.4) is 0 Å². The fourth-order valence-corrected chi connectivity index (χ4v) is 3.01. The molecule has 0 radical (unpaired) electrons. The Morgan fingerprint density at radius 1 is 0.967 bits per heavy atom. The maximum absolute atomic E-state index is 13.0. The van der Waals surface area contributed by atoms with Crippen molar-refractivity contribution in [2.75, 3.05) is 20.3 Å². The first-order chi connectivity index (χ1) is 14.3. The summed E-state index contributed by atoms with van der Waals surface area (Å²) in [6.07, 6.45) is 0. The Hall–Kier alpha value is -3.02. The Balaban J connectivity index is 2.10. The highest BCUT2D eigenvalue weighted by molar-refractivity contribution is 5.87. The normalized spacial score (nSPS) is 11.7. The lowest BCUT2D eigenvalue weighted by molar-refractivity contribution is -0.142. The minimum Gasteiger partial charge on any atom is -0.497 e. The third kappa shape index (κ3) is 6.51. The predicted octanol–water partition coefficient (Wildman–Crippen LogP) is 3.75. The highest BCUT2D eigenvalue weighted by atomic mass is 16.5. The topological polar surface area (TPSA) is 67.9 Å². The molecule has 0 bridgehead atoms. The zero-order valence-corrected chi connectivity index (χ0v) is 18.5. The number of likely N-dealkylation sites (N-methyl/N-ethyl adjacent to an activating group) is 1. The van der Waals surface area contributed by atoms with Gasteiger partial charge in [-0.2, -0.15) is 0 Å². The summed E-state index contributed by atoms with van der Waals surface area (Å²) in [4.78, 5) is 26.9. The second kappa shape index (κ2) is 11.2. The van der Waals surface area contributed by atoms with Gasteiger partial charge < -0.3 is 19.7 Å². The van der Waals surface area contributed by atoms with E-state index in [-0.39, 0.29) is 18.4 Å². The van der Waals surface area contributed by atoms with Crippen LogP contribution in [0.1, 0.15) is 44.7 Å². The van der Waals surface area contributed by atoms with Gasteiger partial charge in [-0.15, -0.1) is 0 Å². The van der Waals surface area contributed by atoms with Crippen molar-refractivity contribution in [3.8, 4) is 11.5 Å². The molecular formula is C24H32N2O4. The number of nitrogens with zero attached hydrogens (tertiary/aromatic N) is 1. The zero-order chi connectivity index (χ0) is 22.1. The molecule has 0 spiro atoms. The van der Waals surface area contributed by atoms with Crippen molar-refractivity contribution in [3.63, 3.8) is 0 Å². The van der Waals surface area contributed by atoms with E-state index in [1.807, 2.05) is 55.5 Å². The summed E-state index contributed by atoms with van der Waals surface area (Å²) in [6.45, 7) is 8.50. The van der Waals surface area contributed by atoms with E-state index in [1.165, 1.54) is 10.5 Å². The molecule has 6 nitrogen and oxygen atoms in total. The number of carbonyl (C=O) groups excluding carboxylic acids is 2. The van der Waals surface area contributed by atoms with Crippen molar-refractivity contribution in [3.05, 3.63) is 59.7 Å². The maximum atomic E-state index is 13.0. The molecule has 0 fully saturated rings. The van der Waals surface area contributed by atoms with Crippen LogP contribution in [0.2, 0.25) is 0 Å². The monoisotopic (exact) mass is 412 g/mol. The summed E-state index contributed by atoms with van der Waals surface area (Å²) < 4.78 is 10.9. The molecule has 2 aromatic rings. The molecule has 0 aliphatic heterocycles. The van der Waals surface area contributed by atoms with E-state index < -0.39 is 6.04 Å². The summed E-state index contributed by atoms with van der Waals surface area (Å²) in [5, 5.41) is 2.78. The number of nitrogens with one attached hydrogen (secondary N) is 1. The molecule has 2 amide bonds. The molecule has 0 aliphatic carbocycles. The van der Waals surface area contributed by atoms with Gasteiger partial charge in [0.1, 0.15) is 17.5 Å². The lowest BCUT2D eigenvalue weighted by atomic mass is 10.0. The number of carbonyl (C=O) groups is 2. The van der Waals surface area contributed by atoms with Crippen LogP contribution in [0.4, 0.5) is 0 Å². The van der Waals surface area contributed by atoms with Crippen molar-refractivity contribution in [1.82, 2.24) is 10.2 Å². The maximum Gasteiger partial charge on any atom is 0.261 e. The third-order valence-electron chi connectivity index (χ3n) is 4.94. The van der Waals surface area contributed by atoms with Gasteiger partial charge in [0, 0.05) is 13.1 Å². The first-order valence-corrected chi connectivity index (χ1v) is 10.3. The number of ether oxygens (including phenoxy) is 2. The standard InChI is InChI=1S/C24H32N2O4/c1-6-25-24(28)18(4)26(15-19-7-11-21(29-5)12-8-19)23(27)16-30-22-13-9-20(10-14-22)17(2)3/h7-14,17-18H,6,15-16H2,1-5H3,(H,25,28)/t18-/m0/s1. The minimum atomic E-state index is -0.619. The smallest absolute Gasteiger partial charge is 0.261 e. The fraction of sp³-hybridized carbons (Fsp3) is 0.417. The Morgan fingerprint density at radius 2 is 1.57 bits per heavy atom. The van der Waals surface area contributed by atoms with Crippen LogP contribution < -0.4 is 14.8 Å². The van der Waals surface area contributed by atoms with Crippen molar-refractivity contribution in [2.45, 2.75) is 46.2 Å². The number of hydrogen-bond acceptors (Lipinski definition) is 4. The van der Waals surface area contributed by atoms with Gasteiger partial charge in [0.2, 0.25) is 5.91 Å². The lowest BCUT2D eigenvalue weighted by Crippen LogP contribution is -2.49. The molecule has 2 aromatic carbocycles. The molecule has 1 atom stereocenters. The highest BCUT2D eigenvalue weighted by Crippen LogP contribution is 2.19. The van der Waals surface area contributed by atoms with Gasteiger partial charge in [-0.1, -0.05) is 38.1 Å².